The average molecular weight is 492 g/mol. The molecule has 0 saturated heterocycles. The van der Waals surface area contributed by atoms with Crippen molar-refractivity contribution in [2.45, 2.75) is 32.2 Å². The Hall–Kier alpha value is -3.28. The third-order valence-electron chi connectivity index (χ3n) is 6.04. The van der Waals surface area contributed by atoms with E-state index in [1.807, 2.05) is 49.4 Å². The molecule has 7 heteroatoms. The van der Waals surface area contributed by atoms with Crippen LogP contribution in [0.1, 0.15) is 58.7 Å². The molecule has 0 fully saturated rings. The molecule has 34 heavy (non-hydrogen) atoms. The molecule has 1 N–H and O–H groups in total. The first kappa shape index (κ1) is 22.5. The summed E-state index contributed by atoms with van der Waals surface area (Å²) in [5.41, 5.74) is 5.99. The standard InChI is InChI=1S/C27H23Cl2N3O2/c1-17(19-6-3-2-4-7-19)30-27(33)25-22-9-5-8-20(14-18-12-13-34-16-18)26(22)32(31-25)24-11-10-21(28)15-23(24)29/h2-4,6-7,10-17H,5,8-9H2,1H3,(H,30,33)/b20-14+/t17-/m0/s1. The fraction of sp³-hybridized carbons (Fsp3) is 0.185. The SMILES string of the molecule is C[C@H](NC(=O)c1nn(-c2ccc(Cl)cc2Cl)c2c1CCC/C2=C\c1ccoc1)c1ccccc1. The van der Waals surface area contributed by atoms with Crippen LogP contribution in [-0.2, 0) is 6.42 Å². The number of allylic oxidation sites excluding steroid dienone is 1. The average Bonchev–Trinajstić information content (AvgIpc) is 3.48. The second-order valence-corrected chi connectivity index (χ2v) is 9.21. The maximum Gasteiger partial charge on any atom is 0.272 e. The van der Waals surface area contributed by atoms with E-state index in [4.69, 9.17) is 32.7 Å². The van der Waals surface area contributed by atoms with Crippen molar-refractivity contribution in [3.05, 3.63) is 105 Å². The molecule has 0 saturated carbocycles. The Labute approximate surface area is 208 Å². The highest BCUT2D eigenvalue weighted by atomic mass is 35.5. The van der Waals surface area contributed by atoms with Crippen LogP contribution in [0.3, 0.4) is 0 Å². The number of hydrogen-bond acceptors (Lipinski definition) is 3. The van der Waals surface area contributed by atoms with Crippen molar-refractivity contribution in [2.75, 3.05) is 0 Å². The minimum absolute atomic E-state index is 0.154. The van der Waals surface area contributed by atoms with Crippen molar-refractivity contribution >= 4 is 40.8 Å². The van der Waals surface area contributed by atoms with Gasteiger partial charge in [-0.2, -0.15) is 5.10 Å². The van der Waals surface area contributed by atoms with Gasteiger partial charge in [-0.1, -0.05) is 53.5 Å². The van der Waals surface area contributed by atoms with Gasteiger partial charge >= 0.3 is 0 Å². The monoisotopic (exact) mass is 491 g/mol. The van der Waals surface area contributed by atoms with Crippen LogP contribution in [0.15, 0.2) is 71.5 Å². The summed E-state index contributed by atoms with van der Waals surface area (Å²) < 4.78 is 7.03. The molecule has 1 amide bonds. The topological polar surface area (TPSA) is 60.1 Å². The Bertz CT molecular complexity index is 1360. The van der Waals surface area contributed by atoms with Gasteiger partial charge in [-0.15, -0.1) is 0 Å². The lowest BCUT2D eigenvalue weighted by Crippen LogP contribution is -2.28. The zero-order valence-electron chi connectivity index (χ0n) is 18.6. The summed E-state index contributed by atoms with van der Waals surface area (Å²) in [5, 5.41) is 8.91. The summed E-state index contributed by atoms with van der Waals surface area (Å²) in [7, 11) is 0. The molecule has 4 aromatic rings. The molecule has 172 valence electrons. The molecule has 2 aromatic carbocycles. The number of nitrogens with one attached hydrogen (secondary N) is 1. The highest BCUT2D eigenvalue weighted by molar-refractivity contribution is 6.35. The molecule has 0 unspecified atom stereocenters. The number of aromatic nitrogens is 2. The number of furan rings is 1. The van der Waals surface area contributed by atoms with Crippen molar-refractivity contribution in [3.63, 3.8) is 0 Å². The molecule has 5 nitrogen and oxygen atoms in total. The van der Waals surface area contributed by atoms with E-state index >= 15 is 0 Å². The van der Waals surface area contributed by atoms with Gasteiger partial charge in [0, 0.05) is 16.1 Å². The lowest BCUT2D eigenvalue weighted by molar-refractivity contribution is 0.0933. The third-order valence-corrected chi connectivity index (χ3v) is 6.58. The molecule has 2 aromatic heterocycles. The van der Waals surface area contributed by atoms with Gasteiger partial charge in [0.2, 0.25) is 0 Å². The number of nitrogens with zero attached hydrogens (tertiary/aromatic N) is 2. The molecule has 2 heterocycles. The number of benzene rings is 2. The van der Waals surface area contributed by atoms with Gasteiger partial charge in [-0.25, -0.2) is 4.68 Å². The molecule has 1 aliphatic rings. The third kappa shape index (κ3) is 4.41. The van der Waals surface area contributed by atoms with Crippen LogP contribution in [0.2, 0.25) is 10.0 Å². The predicted molar refractivity (Wildman–Crippen MR) is 135 cm³/mol. The lowest BCUT2D eigenvalue weighted by Gasteiger charge is -2.19. The van der Waals surface area contributed by atoms with Crippen LogP contribution in [-0.4, -0.2) is 15.7 Å². The summed E-state index contributed by atoms with van der Waals surface area (Å²) in [4.78, 5) is 13.4. The largest absolute Gasteiger partial charge is 0.472 e. The maximum atomic E-state index is 13.4. The number of halogens is 2. The summed E-state index contributed by atoms with van der Waals surface area (Å²) in [6.45, 7) is 1.97. The predicted octanol–water partition coefficient (Wildman–Crippen LogP) is 7.14. The zero-order valence-corrected chi connectivity index (χ0v) is 20.1. The maximum absolute atomic E-state index is 13.4. The zero-order chi connectivity index (χ0) is 23.7. The van der Waals surface area contributed by atoms with Crippen molar-refractivity contribution < 1.29 is 9.21 Å². The van der Waals surface area contributed by atoms with Gasteiger partial charge in [0.05, 0.1) is 35.0 Å². The Kier molecular flexibility index (Phi) is 6.31. The molecule has 1 atom stereocenters. The summed E-state index contributed by atoms with van der Waals surface area (Å²) in [6, 6.07) is 16.9. The highest BCUT2D eigenvalue weighted by Crippen LogP contribution is 2.37. The number of fused-ring (bicyclic) bond motifs is 1. The molecule has 1 aliphatic carbocycles. The van der Waals surface area contributed by atoms with Crippen LogP contribution < -0.4 is 5.32 Å². The Morgan fingerprint density at radius 2 is 1.97 bits per heavy atom. The van der Waals surface area contributed by atoms with Gasteiger partial charge in [0.25, 0.3) is 5.91 Å². The van der Waals surface area contributed by atoms with E-state index in [1.165, 1.54) is 0 Å². The van der Waals surface area contributed by atoms with Crippen molar-refractivity contribution in [1.29, 1.82) is 0 Å². The van der Waals surface area contributed by atoms with Crippen LogP contribution in [0.4, 0.5) is 0 Å². The lowest BCUT2D eigenvalue weighted by atomic mass is 9.90. The first-order valence-electron chi connectivity index (χ1n) is 11.2. The molecular weight excluding hydrogens is 469 g/mol. The van der Waals surface area contributed by atoms with Gasteiger partial charge in [-0.3, -0.25) is 4.79 Å². The Morgan fingerprint density at radius 3 is 2.71 bits per heavy atom. The summed E-state index contributed by atoms with van der Waals surface area (Å²) in [6.07, 6.45) is 7.96. The van der Waals surface area contributed by atoms with Crippen molar-refractivity contribution in [3.8, 4) is 5.69 Å². The van der Waals surface area contributed by atoms with Gasteiger partial charge < -0.3 is 9.73 Å². The minimum atomic E-state index is -0.207. The fourth-order valence-corrected chi connectivity index (χ4v) is 4.88. The normalized spacial score (nSPS) is 15.2. The summed E-state index contributed by atoms with van der Waals surface area (Å²) in [5.74, 6) is -0.207. The molecule has 0 spiro atoms. The first-order chi connectivity index (χ1) is 16.5. The van der Waals surface area contributed by atoms with Crippen LogP contribution >= 0.6 is 23.2 Å². The van der Waals surface area contributed by atoms with Gasteiger partial charge in [0.15, 0.2) is 5.69 Å². The Morgan fingerprint density at radius 1 is 1.15 bits per heavy atom. The van der Waals surface area contributed by atoms with Gasteiger partial charge in [0.1, 0.15) is 0 Å². The van der Waals surface area contributed by atoms with E-state index in [1.54, 1.807) is 29.3 Å². The number of rotatable bonds is 5. The first-order valence-corrected chi connectivity index (χ1v) is 11.9. The fourth-order valence-electron chi connectivity index (χ4n) is 4.39. The van der Waals surface area contributed by atoms with Crippen LogP contribution in [0.25, 0.3) is 17.3 Å². The van der Waals surface area contributed by atoms with Crippen molar-refractivity contribution in [2.24, 2.45) is 0 Å². The van der Waals surface area contributed by atoms with E-state index in [0.717, 1.165) is 47.2 Å². The highest BCUT2D eigenvalue weighted by Gasteiger charge is 2.29. The molecule has 0 aliphatic heterocycles. The summed E-state index contributed by atoms with van der Waals surface area (Å²) >= 11 is 12.7. The molecule has 5 rings (SSSR count). The molecule has 0 radical (unpaired) electrons. The quantitative estimate of drug-likeness (QED) is 0.322. The van der Waals surface area contributed by atoms with Crippen molar-refractivity contribution in [1.82, 2.24) is 15.1 Å². The van der Waals surface area contributed by atoms with Gasteiger partial charge in [-0.05, 0) is 67.7 Å². The number of carbonyl (C=O) groups excluding carboxylic acids is 1. The van der Waals surface area contributed by atoms with Crippen LogP contribution in [0.5, 0.6) is 0 Å². The number of hydrogen-bond donors (Lipinski definition) is 1. The number of carbonyl (C=O) groups is 1. The Balaban J connectivity index is 1.61. The van der Waals surface area contributed by atoms with E-state index in [9.17, 15) is 4.79 Å². The second kappa shape index (κ2) is 9.53. The second-order valence-electron chi connectivity index (χ2n) is 8.37. The smallest absolute Gasteiger partial charge is 0.272 e. The van der Waals surface area contributed by atoms with Crippen LogP contribution in [0, 0.1) is 0 Å². The van der Waals surface area contributed by atoms with E-state index in [2.05, 4.69) is 11.4 Å². The number of amides is 1. The van der Waals surface area contributed by atoms with E-state index in [-0.39, 0.29) is 11.9 Å². The van der Waals surface area contributed by atoms with E-state index in [0.29, 0.717) is 21.4 Å². The molecule has 0 bridgehead atoms. The van der Waals surface area contributed by atoms with E-state index < -0.39 is 0 Å². The minimum Gasteiger partial charge on any atom is -0.472 e. The molecular formula is C27H23Cl2N3O2.